The quantitative estimate of drug-likeness (QED) is 0.794. The molecule has 0 aromatic heterocycles. The number of ether oxygens (including phenoxy) is 1. The highest BCUT2D eigenvalue weighted by atomic mass is 35.5. The van der Waals surface area contributed by atoms with E-state index in [1.165, 1.54) is 0 Å². The molecule has 16 heavy (non-hydrogen) atoms. The number of hydrogen-bond donors (Lipinski definition) is 2. The lowest BCUT2D eigenvalue weighted by atomic mass is 10.00. The first-order valence-corrected chi connectivity index (χ1v) is 5.38. The van der Waals surface area contributed by atoms with Gasteiger partial charge in [-0.3, -0.25) is 0 Å². The van der Waals surface area contributed by atoms with Crippen molar-refractivity contribution >= 4 is 17.7 Å². The standard InChI is InChI=1S/C11H12ClNO3/c1-6-4-7(12)5-8(10(6)14)9-2-3-16-11(15)13-9/h4-5,9,14H,2-3H2,1H3,(H,13,15)/t9-/m1/s1. The number of hydrogen-bond acceptors (Lipinski definition) is 3. The van der Waals surface area contributed by atoms with Crippen molar-refractivity contribution in [1.29, 1.82) is 0 Å². The highest BCUT2D eigenvalue weighted by molar-refractivity contribution is 6.30. The van der Waals surface area contributed by atoms with E-state index in [1.54, 1.807) is 19.1 Å². The van der Waals surface area contributed by atoms with Crippen LogP contribution < -0.4 is 5.32 Å². The highest BCUT2D eigenvalue weighted by Crippen LogP contribution is 2.33. The van der Waals surface area contributed by atoms with Gasteiger partial charge in [0.15, 0.2) is 0 Å². The number of amides is 1. The molecule has 1 atom stereocenters. The molecule has 1 aliphatic heterocycles. The zero-order chi connectivity index (χ0) is 11.7. The molecule has 1 heterocycles. The zero-order valence-electron chi connectivity index (χ0n) is 8.79. The van der Waals surface area contributed by atoms with Crippen molar-refractivity contribution in [3.05, 3.63) is 28.3 Å². The molecule has 1 aromatic carbocycles. The molecule has 1 fully saturated rings. The molecule has 0 bridgehead atoms. The minimum absolute atomic E-state index is 0.177. The van der Waals surface area contributed by atoms with Crippen molar-refractivity contribution < 1.29 is 14.6 Å². The number of carbonyl (C=O) groups is 1. The second-order valence-electron chi connectivity index (χ2n) is 3.78. The van der Waals surface area contributed by atoms with E-state index in [9.17, 15) is 9.90 Å². The number of rotatable bonds is 1. The Morgan fingerprint density at radius 2 is 2.31 bits per heavy atom. The predicted octanol–water partition coefficient (Wildman–Crippen LogP) is 2.53. The molecule has 5 heteroatoms. The summed E-state index contributed by atoms with van der Waals surface area (Å²) in [5.74, 6) is 0.177. The number of aryl methyl sites for hydroxylation is 1. The number of phenolic OH excluding ortho intramolecular Hbond substituents is 1. The molecule has 0 aliphatic carbocycles. The predicted molar refractivity (Wildman–Crippen MR) is 59.7 cm³/mol. The molecular weight excluding hydrogens is 230 g/mol. The van der Waals surface area contributed by atoms with Gasteiger partial charge in [-0.1, -0.05) is 11.6 Å². The lowest BCUT2D eigenvalue weighted by molar-refractivity contribution is 0.115. The van der Waals surface area contributed by atoms with E-state index in [4.69, 9.17) is 16.3 Å². The van der Waals surface area contributed by atoms with E-state index in [2.05, 4.69) is 5.32 Å². The Morgan fingerprint density at radius 1 is 1.56 bits per heavy atom. The van der Waals surface area contributed by atoms with Gasteiger partial charge in [0, 0.05) is 17.0 Å². The van der Waals surface area contributed by atoms with Crippen LogP contribution >= 0.6 is 11.6 Å². The van der Waals surface area contributed by atoms with E-state index in [1.807, 2.05) is 0 Å². The second kappa shape index (κ2) is 4.22. The van der Waals surface area contributed by atoms with Gasteiger partial charge in [-0.2, -0.15) is 0 Å². The Morgan fingerprint density at radius 3 is 3.00 bits per heavy atom. The summed E-state index contributed by atoms with van der Waals surface area (Å²) in [6.45, 7) is 2.12. The second-order valence-corrected chi connectivity index (χ2v) is 4.22. The van der Waals surface area contributed by atoms with Gasteiger partial charge in [-0.15, -0.1) is 0 Å². The van der Waals surface area contributed by atoms with Crippen LogP contribution in [0.4, 0.5) is 4.79 Å². The van der Waals surface area contributed by atoms with Crippen LogP contribution in [-0.2, 0) is 4.74 Å². The third-order valence-corrected chi connectivity index (χ3v) is 2.82. The molecule has 0 spiro atoms. The van der Waals surface area contributed by atoms with Crippen LogP contribution in [0.1, 0.15) is 23.6 Å². The van der Waals surface area contributed by atoms with Gasteiger partial charge in [-0.05, 0) is 24.6 Å². The molecule has 1 saturated heterocycles. The largest absolute Gasteiger partial charge is 0.507 e. The van der Waals surface area contributed by atoms with Crippen molar-refractivity contribution in [1.82, 2.24) is 5.32 Å². The van der Waals surface area contributed by atoms with Crippen LogP contribution in [0.3, 0.4) is 0 Å². The van der Waals surface area contributed by atoms with Crippen LogP contribution in [0.2, 0.25) is 5.02 Å². The lowest BCUT2D eigenvalue weighted by Crippen LogP contribution is -2.35. The number of phenols is 1. The van der Waals surface area contributed by atoms with Crippen molar-refractivity contribution in [2.45, 2.75) is 19.4 Å². The Kier molecular flexibility index (Phi) is 2.92. The molecule has 1 aliphatic rings. The third-order valence-electron chi connectivity index (χ3n) is 2.60. The summed E-state index contributed by atoms with van der Waals surface area (Å²) >= 11 is 5.92. The number of benzene rings is 1. The van der Waals surface area contributed by atoms with E-state index >= 15 is 0 Å². The number of carbonyl (C=O) groups excluding carboxylic acids is 1. The summed E-state index contributed by atoms with van der Waals surface area (Å²) in [6.07, 6.45) is 0.160. The fourth-order valence-electron chi connectivity index (χ4n) is 1.79. The molecule has 2 rings (SSSR count). The monoisotopic (exact) mass is 241 g/mol. The van der Waals surface area contributed by atoms with Gasteiger partial charge in [0.1, 0.15) is 5.75 Å². The van der Waals surface area contributed by atoms with Gasteiger partial charge in [0.2, 0.25) is 0 Å². The van der Waals surface area contributed by atoms with Crippen LogP contribution in [0, 0.1) is 6.92 Å². The average Bonchev–Trinajstić information content (AvgIpc) is 2.23. The fourth-order valence-corrected chi connectivity index (χ4v) is 2.07. The molecule has 0 radical (unpaired) electrons. The van der Waals surface area contributed by atoms with Crippen molar-refractivity contribution in [2.75, 3.05) is 6.61 Å². The smallest absolute Gasteiger partial charge is 0.407 e. The minimum Gasteiger partial charge on any atom is -0.507 e. The maximum Gasteiger partial charge on any atom is 0.407 e. The first kappa shape index (κ1) is 11.1. The van der Waals surface area contributed by atoms with Crippen LogP contribution in [0.15, 0.2) is 12.1 Å². The molecule has 2 N–H and O–H groups in total. The summed E-state index contributed by atoms with van der Waals surface area (Å²) in [7, 11) is 0. The maximum absolute atomic E-state index is 11.1. The number of aromatic hydroxyl groups is 1. The number of nitrogens with one attached hydrogen (secondary N) is 1. The third kappa shape index (κ3) is 2.07. The van der Waals surface area contributed by atoms with Gasteiger partial charge in [0.25, 0.3) is 0 Å². The van der Waals surface area contributed by atoms with E-state index in [-0.39, 0.29) is 11.8 Å². The molecular formula is C11H12ClNO3. The van der Waals surface area contributed by atoms with Crippen LogP contribution in [0.5, 0.6) is 5.75 Å². The summed E-state index contributed by atoms with van der Waals surface area (Å²) in [5.41, 5.74) is 1.34. The van der Waals surface area contributed by atoms with Crippen LogP contribution in [0.25, 0.3) is 0 Å². The Bertz CT molecular complexity index is 433. The summed E-state index contributed by atoms with van der Waals surface area (Å²) in [6, 6.07) is 3.11. The molecule has 0 unspecified atom stereocenters. The Hall–Kier alpha value is -1.42. The summed E-state index contributed by atoms with van der Waals surface area (Å²) < 4.78 is 4.77. The van der Waals surface area contributed by atoms with Crippen molar-refractivity contribution in [3.63, 3.8) is 0 Å². The maximum atomic E-state index is 11.1. The Labute approximate surface area is 98.2 Å². The van der Waals surface area contributed by atoms with E-state index in [0.29, 0.717) is 29.2 Å². The van der Waals surface area contributed by atoms with Gasteiger partial charge >= 0.3 is 6.09 Å². The Balaban J connectivity index is 2.35. The average molecular weight is 242 g/mol. The highest BCUT2D eigenvalue weighted by Gasteiger charge is 2.24. The normalized spacial score (nSPS) is 20.1. The van der Waals surface area contributed by atoms with Gasteiger partial charge < -0.3 is 15.2 Å². The topological polar surface area (TPSA) is 58.6 Å². The van der Waals surface area contributed by atoms with Crippen molar-refractivity contribution in [2.24, 2.45) is 0 Å². The number of cyclic esters (lactones) is 1. The molecule has 1 amide bonds. The molecule has 4 nitrogen and oxygen atoms in total. The lowest BCUT2D eigenvalue weighted by Gasteiger charge is -2.24. The first-order chi connectivity index (χ1) is 7.58. The zero-order valence-corrected chi connectivity index (χ0v) is 9.54. The summed E-state index contributed by atoms with van der Waals surface area (Å²) in [4.78, 5) is 11.1. The van der Waals surface area contributed by atoms with E-state index in [0.717, 1.165) is 0 Å². The van der Waals surface area contributed by atoms with Crippen molar-refractivity contribution in [3.8, 4) is 5.75 Å². The molecule has 0 saturated carbocycles. The fraction of sp³-hybridized carbons (Fsp3) is 0.364. The number of halogens is 1. The first-order valence-electron chi connectivity index (χ1n) is 5.00. The van der Waals surface area contributed by atoms with E-state index < -0.39 is 6.09 Å². The number of alkyl carbamates (subject to hydrolysis) is 1. The molecule has 1 aromatic rings. The molecule has 86 valence electrons. The van der Waals surface area contributed by atoms with Gasteiger partial charge in [0.05, 0.1) is 12.6 Å². The minimum atomic E-state index is -0.465. The SMILES string of the molecule is Cc1cc(Cl)cc([C@H]2CCOC(=O)N2)c1O. The van der Waals surface area contributed by atoms with Crippen LogP contribution in [-0.4, -0.2) is 17.8 Å². The summed E-state index contributed by atoms with van der Waals surface area (Å²) in [5, 5.41) is 13.1. The van der Waals surface area contributed by atoms with Gasteiger partial charge in [-0.25, -0.2) is 4.79 Å².